The van der Waals surface area contributed by atoms with Gasteiger partial charge in [-0.15, -0.1) is 0 Å². The van der Waals surface area contributed by atoms with Crippen molar-refractivity contribution in [2.45, 2.75) is 33.1 Å². The molecule has 5 heteroatoms. The predicted molar refractivity (Wildman–Crippen MR) is 90.4 cm³/mol. The first kappa shape index (κ1) is 16.1. The SMILES string of the molecule is CCCNc1ncnc(-c2ccc(Cl)c(Cl)c2)c1C(C)C. The van der Waals surface area contributed by atoms with E-state index >= 15 is 0 Å². The molecule has 0 aliphatic carbocycles. The van der Waals surface area contributed by atoms with E-state index in [1.54, 1.807) is 12.4 Å². The van der Waals surface area contributed by atoms with E-state index in [0.717, 1.165) is 35.6 Å². The highest BCUT2D eigenvalue weighted by Crippen LogP contribution is 2.34. The van der Waals surface area contributed by atoms with Crippen LogP contribution in [0.25, 0.3) is 11.3 Å². The van der Waals surface area contributed by atoms with Gasteiger partial charge in [0, 0.05) is 17.7 Å². The fourth-order valence-corrected chi connectivity index (χ4v) is 2.50. The summed E-state index contributed by atoms with van der Waals surface area (Å²) in [5.41, 5.74) is 2.96. The van der Waals surface area contributed by atoms with Crippen molar-refractivity contribution in [3.63, 3.8) is 0 Å². The molecule has 0 spiro atoms. The van der Waals surface area contributed by atoms with Gasteiger partial charge in [0.15, 0.2) is 0 Å². The third-order valence-electron chi connectivity index (χ3n) is 3.20. The quantitative estimate of drug-likeness (QED) is 0.800. The monoisotopic (exact) mass is 323 g/mol. The predicted octanol–water partition coefficient (Wildman–Crippen LogP) is 5.40. The summed E-state index contributed by atoms with van der Waals surface area (Å²) in [6, 6.07) is 5.58. The van der Waals surface area contributed by atoms with E-state index in [1.165, 1.54) is 0 Å². The van der Waals surface area contributed by atoms with Crippen LogP contribution in [0.15, 0.2) is 24.5 Å². The number of halogens is 2. The highest BCUT2D eigenvalue weighted by molar-refractivity contribution is 6.42. The lowest BCUT2D eigenvalue weighted by molar-refractivity contribution is 0.844. The molecule has 112 valence electrons. The van der Waals surface area contributed by atoms with Crippen molar-refractivity contribution in [2.75, 3.05) is 11.9 Å². The number of nitrogens with one attached hydrogen (secondary N) is 1. The molecule has 0 amide bonds. The molecular weight excluding hydrogens is 305 g/mol. The average molecular weight is 324 g/mol. The van der Waals surface area contributed by atoms with Crippen LogP contribution >= 0.6 is 23.2 Å². The molecule has 0 bridgehead atoms. The second-order valence-corrected chi connectivity index (χ2v) is 6.01. The highest BCUT2D eigenvalue weighted by atomic mass is 35.5. The molecule has 2 rings (SSSR count). The van der Waals surface area contributed by atoms with Gasteiger partial charge in [0.1, 0.15) is 12.1 Å². The van der Waals surface area contributed by atoms with Crippen LogP contribution in [0, 0.1) is 0 Å². The molecular formula is C16H19Cl2N3. The number of rotatable bonds is 5. The van der Waals surface area contributed by atoms with Crippen molar-refractivity contribution < 1.29 is 0 Å². The van der Waals surface area contributed by atoms with E-state index in [1.807, 2.05) is 12.1 Å². The first-order valence-electron chi connectivity index (χ1n) is 7.08. The van der Waals surface area contributed by atoms with Gasteiger partial charge in [-0.2, -0.15) is 0 Å². The molecule has 0 radical (unpaired) electrons. The molecule has 0 unspecified atom stereocenters. The van der Waals surface area contributed by atoms with Gasteiger partial charge in [0.2, 0.25) is 0 Å². The fourth-order valence-electron chi connectivity index (χ4n) is 2.20. The summed E-state index contributed by atoms with van der Waals surface area (Å²) in [7, 11) is 0. The molecule has 2 aromatic rings. The van der Waals surface area contributed by atoms with Gasteiger partial charge >= 0.3 is 0 Å². The van der Waals surface area contributed by atoms with Crippen molar-refractivity contribution in [1.82, 2.24) is 9.97 Å². The molecule has 1 aromatic carbocycles. The maximum atomic E-state index is 6.13. The van der Waals surface area contributed by atoms with Crippen molar-refractivity contribution in [2.24, 2.45) is 0 Å². The standard InChI is InChI=1S/C16H19Cl2N3/c1-4-7-19-16-14(10(2)3)15(20-9-21-16)11-5-6-12(17)13(18)8-11/h5-6,8-10H,4,7H2,1-3H3,(H,19,20,21). The van der Waals surface area contributed by atoms with Crippen LogP contribution in [0.2, 0.25) is 10.0 Å². The maximum Gasteiger partial charge on any atom is 0.133 e. The maximum absolute atomic E-state index is 6.13. The number of aromatic nitrogens is 2. The topological polar surface area (TPSA) is 37.8 Å². The summed E-state index contributed by atoms with van der Waals surface area (Å²) in [6.07, 6.45) is 2.63. The summed E-state index contributed by atoms with van der Waals surface area (Å²) in [5, 5.41) is 4.45. The Hall–Kier alpha value is -1.32. The Morgan fingerprint density at radius 1 is 1.14 bits per heavy atom. The molecule has 0 atom stereocenters. The van der Waals surface area contributed by atoms with Crippen molar-refractivity contribution >= 4 is 29.0 Å². The minimum Gasteiger partial charge on any atom is -0.370 e. The van der Waals surface area contributed by atoms with E-state index in [-0.39, 0.29) is 0 Å². The van der Waals surface area contributed by atoms with Gasteiger partial charge in [-0.3, -0.25) is 0 Å². The zero-order valence-electron chi connectivity index (χ0n) is 12.5. The number of hydrogen-bond acceptors (Lipinski definition) is 3. The number of nitrogens with zero attached hydrogens (tertiary/aromatic N) is 2. The van der Waals surface area contributed by atoms with Gasteiger partial charge in [-0.1, -0.05) is 50.0 Å². The molecule has 1 heterocycles. The van der Waals surface area contributed by atoms with E-state index in [2.05, 4.69) is 36.1 Å². The molecule has 0 saturated heterocycles. The van der Waals surface area contributed by atoms with E-state index in [4.69, 9.17) is 23.2 Å². The molecule has 3 nitrogen and oxygen atoms in total. The average Bonchev–Trinajstić information content (AvgIpc) is 2.47. The van der Waals surface area contributed by atoms with Gasteiger partial charge < -0.3 is 5.32 Å². The highest BCUT2D eigenvalue weighted by Gasteiger charge is 2.16. The first-order chi connectivity index (χ1) is 10.0. The number of benzene rings is 1. The summed E-state index contributed by atoms with van der Waals surface area (Å²) in [6.45, 7) is 7.29. The molecule has 0 aliphatic rings. The lowest BCUT2D eigenvalue weighted by atomic mass is 9.97. The Morgan fingerprint density at radius 3 is 2.52 bits per heavy atom. The zero-order valence-corrected chi connectivity index (χ0v) is 14.0. The van der Waals surface area contributed by atoms with Crippen LogP contribution in [-0.2, 0) is 0 Å². The van der Waals surface area contributed by atoms with Gasteiger partial charge in [0.25, 0.3) is 0 Å². The number of hydrogen-bond donors (Lipinski definition) is 1. The van der Waals surface area contributed by atoms with Crippen LogP contribution in [0.3, 0.4) is 0 Å². The molecule has 1 aromatic heterocycles. The van der Waals surface area contributed by atoms with Crippen LogP contribution < -0.4 is 5.32 Å². The molecule has 0 fully saturated rings. The molecule has 21 heavy (non-hydrogen) atoms. The Kier molecular flexibility index (Phi) is 5.43. The summed E-state index contributed by atoms with van der Waals surface area (Å²) >= 11 is 12.1. The lowest BCUT2D eigenvalue weighted by Gasteiger charge is -2.17. The zero-order chi connectivity index (χ0) is 15.4. The van der Waals surface area contributed by atoms with Crippen molar-refractivity contribution in [3.8, 4) is 11.3 Å². The minimum atomic E-state index is 0.301. The first-order valence-corrected chi connectivity index (χ1v) is 7.84. The van der Waals surface area contributed by atoms with Crippen LogP contribution in [0.4, 0.5) is 5.82 Å². The van der Waals surface area contributed by atoms with Crippen molar-refractivity contribution in [1.29, 1.82) is 0 Å². The third-order valence-corrected chi connectivity index (χ3v) is 3.94. The Balaban J connectivity index is 2.54. The van der Waals surface area contributed by atoms with Crippen molar-refractivity contribution in [3.05, 3.63) is 40.1 Å². The summed E-state index contributed by atoms with van der Waals surface area (Å²) in [4.78, 5) is 8.84. The smallest absolute Gasteiger partial charge is 0.133 e. The summed E-state index contributed by atoms with van der Waals surface area (Å²) < 4.78 is 0. The van der Waals surface area contributed by atoms with E-state index in [9.17, 15) is 0 Å². The van der Waals surface area contributed by atoms with E-state index < -0.39 is 0 Å². The van der Waals surface area contributed by atoms with Gasteiger partial charge in [0.05, 0.1) is 15.7 Å². The Bertz CT molecular complexity index is 627. The largest absolute Gasteiger partial charge is 0.370 e. The Morgan fingerprint density at radius 2 is 1.90 bits per heavy atom. The van der Waals surface area contributed by atoms with Crippen LogP contribution in [-0.4, -0.2) is 16.5 Å². The number of anilines is 1. The van der Waals surface area contributed by atoms with Gasteiger partial charge in [-0.05, 0) is 24.5 Å². The summed E-state index contributed by atoms with van der Waals surface area (Å²) in [5.74, 6) is 1.19. The van der Waals surface area contributed by atoms with E-state index in [0.29, 0.717) is 16.0 Å². The second-order valence-electron chi connectivity index (χ2n) is 5.19. The van der Waals surface area contributed by atoms with Crippen LogP contribution in [0.5, 0.6) is 0 Å². The Labute approximate surface area is 135 Å². The van der Waals surface area contributed by atoms with Gasteiger partial charge in [-0.25, -0.2) is 9.97 Å². The normalized spacial score (nSPS) is 11.0. The molecule has 0 saturated carbocycles. The van der Waals surface area contributed by atoms with Crippen LogP contribution in [0.1, 0.15) is 38.7 Å². The fraction of sp³-hybridized carbons (Fsp3) is 0.375. The minimum absolute atomic E-state index is 0.301. The molecule has 1 N–H and O–H groups in total. The lowest BCUT2D eigenvalue weighted by Crippen LogP contribution is -2.08. The third kappa shape index (κ3) is 3.66. The molecule has 0 aliphatic heterocycles. The second kappa shape index (κ2) is 7.10.